The van der Waals surface area contributed by atoms with Crippen LogP contribution in [0.1, 0.15) is 60.3 Å². The van der Waals surface area contributed by atoms with Crippen LogP contribution in [0.5, 0.6) is 0 Å². The van der Waals surface area contributed by atoms with Crippen molar-refractivity contribution in [2.75, 3.05) is 5.88 Å². The zero-order chi connectivity index (χ0) is 16.9. The summed E-state index contributed by atoms with van der Waals surface area (Å²) in [6, 6.07) is -0.0981. The molecule has 0 radical (unpaired) electrons. The molecule has 6 heteroatoms. The van der Waals surface area contributed by atoms with Crippen LogP contribution in [0, 0.1) is 0 Å². The third-order valence-corrected chi connectivity index (χ3v) is 3.96. The topological polar surface area (TPSA) is 58.6 Å². The maximum atomic E-state index is 12.6. The van der Waals surface area contributed by atoms with Gasteiger partial charge in [0.25, 0.3) is 0 Å². The number of hydrogen-bond donors (Lipinski definition) is 1. The molecule has 0 bridgehead atoms. The minimum Gasteiger partial charge on any atom is -0.444 e. The van der Waals surface area contributed by atoms with Crippen LogP contribution in [0.25, 0.3) is 0 Å². The zero-order valence-corrected chi connectivity index (χ0v) is 15.1. The number of carbonyl (C=O) groups excluding carboxylic acids is 2. The highest BCUT2D eigenvalue weighted by Crippen LogP contribution is 2.26. The molecule has 1 N–H and O–H groups in total. The van der Waals surface area contributed by atoms with E-state index in [2.05, 4.69) is 5.32 Å². The van der Waals surface area contributed by atoms with E-state index in [9.17, 15) is 9.59 Å². The van der Waals surface area contributed by atoms with Crippen LogP contribution in [0.2, 0.25) is 0 Å². The van der Waals surface area contributed by atoms with E-state index in [4.69, 9.17) is 16.3 Å². The number of nitrogens with zero attached hydrogens (tertiary/aromatic N) is 1. The first-order valence-corrected chi connectivity index (χ1v) is 8.56. The first-order chi connectivity index (χ1) is 10.2. The first kappa shape index (κ1) is 19.1. The molecule has 2 atom stereocenters. The summed E-state index contributed by atoms with van der Waals surface area (Å²) in [7, 11) is 0. The van der Waals surface area contributed by atoms with Crippen LogP contribution >= 0.6 is 11.6 Å². The molecule has 0 heterocycles. The van der Waals surface area contributed by atoms with E-state index >= 15 is 0 Å². The molecule has 0 spiro atoms. The molecule has 1 rings (SSSR count). The Labute approximate surface area is 138 Å². The van der Waals surface area contributed by atoms with Gasteiger partial charge in [0.2, 0.25) is 5.91 Å². The first-order valence-electron chi connectivity index (χ1n) is 8.02. The van der Waals surface area contributed by atoms with Gasteiger partial charge >= 0.3 is 6.09 Å². The van der Waals surface area contributed by atoms with E-state index < -0.39 is 5.60 Å². The van der Waals surface area contributed by atoms with E-state index in [0.717, 1.165) is 25.7 Å². The van der Waals surface area contributed by atoms with Crippen LogP contribution in [0.15, 0.2) is 0 Å². The summed E-state index contributed by atoms with van der Waals surface area (Å²) in [5, 5.41) is 2.95. The van der Waals surface area contributed by atoms with Crippen molar-refractivity contribution in [3.05, 3.63) is 0 Å². The predicted octanol–water partition coefficient (Wildman–Crippen LogP) is 3.30. The highest BCUT2D eigenvalue weighted by molar-refractivity contribution is 6.27. The van der Waals surface area contributed by atoms with Crippen LogP contribution in [0.3, 0.4) is 0 Å². The minimum absolute atomic E-state index is 0.00773. The Morgan fingerprint density at radius 3 is 2.36 bits per heavy atom. The van der Waals surface area contributed by atoms with Crippen LogP contribution in [-0.4, -0.2) is 46.5 Å². The van der Waals surface area contributed by atoms with Crippen LogP contribution < -0.4 is 5.32 Å². The van der Waals surface area contributed by atoms with Gasteiger partial charge in [0, 0.05) is 12.1 Å². The van der Waals surface area contributed by atoms with Crippen molar-refractivity contribution in [1.29, 1.82) is 0 Å². The minimum atomic E-state index is -0.534. The SMILES string of the molecule is CC(C)N(C(=O)OC(C)(C)C)[C@@H]1CCCC[C@H]1NC(=O)CCl. The average Bonchev–Trinajstić information content (AvgIpc) is 2.38. The van der Waals surface area contributed by atoms with Gasteiger partial charge in [-0.3, -0.25) is 4.79 Å². The van der Waals surface area contributed by atoms with E-state index in [-0.39, 0.29) is 36.0 Å². The lowest BCUT2D eigenvalue weighted by Crippen LogP contribution is -2.58. The van der Waals surface area contributed by atoms with Gasteiger partial charge in [-0.25, -0.2) is 4.79 Å². The Hall–Kier alpha value is -0.970. The Kier molecular flexibility index (Phi) is 6.98. The van der Waals surface area contributed by atoms with Gasteiger partial charge in [-0.2, -0.15) is 0 Å². The lowest BCUT2D eigenvalue weighted by atomic mass is 9.88. The summed E-state index contributed by atoms with van der Waals surface area (Å²) in [5.41, 5.74) is -0.534. The van der Waals surface area contributed by atoms with Gasteiger partial charge in [0.1, 0.15) is 11.5 Å². The quantitative estimate of drug-likeness (QED) is 0.803. The molecule has 1 fully saturated rings. The molecule has 22 heavy (non-hydrogen) atoms. The van der Waals surface area contributed by atoms with Crippen molar-refractivity contribution in [1.82, 2.24) is 10.2 Å². The number of hydrogen-bond acceptors (Lipinski definition) is 3. The number of ether oxygens (including phenoxy) is 1. The van der Waals surface area contributed by atoms with Gasteiger partial charge in [-0.15, -0.1) is 11.6 Å². The molecule has 0 aromatic carbocycles. The highest BCUT2D eigenvalue weighted by Gasteiger charge is 2.37. The second kappa shape index (κ2) is 8.04. The number of nitrogens with one attached hydrogen (secondary N) is 1. The van der Waals surface area contributed by atoms with Gasteiger partial charge in [0.15, 0.2) is 0 Å². The second-order valence-electron chi connectivity index (χ2n) is 7.14. The molecule has 1 aliphatic carbocycles. The average molecular weight is 333 g/mol. The van der Waals surface area contributed by atoms with Gasteiger partial charge in [-0.1, -0.05) is 12.8 Å². The number of alkyl halides is 1. The Balaban J connectivity index is 2.90. The predicted molar refractivity (Wildman–Crippen MR) is 88.1 cm³/mol. The molecule has 1 saturated carbocycles. The highest BCUT2D eigenvalue weighted by atomic mass is 35.5. The molecule has 128 valence electrons. The van der Waals surface area contributed by atoms with Gasteiger partial charge in [-0.05, 0) is 47.5 Å². The van der Waals surface area contributed by atoms with Crippen molar-refractivity contribution in [2.45, 2.75) is 84.0 Å². The molecule has 0 aromatic rings. The molecule has 0 aromatic heterocycles. The van der Waals surface area contributed by atoms with Crippen molar-refractivity contribution >= 4 is 23.6 Å². The van der Waals surface area contributed by atoms with Crippen molar-refractivity contribution < 1.29 is 14.3 Å². The summed E-state index contributed by atoms with van der Waals surface area (Å²) >= 11 is 5.59. The second-order valence-corrected chi connectivity index (χ2v) is 7.41. The van der Waals surface area contributed by atoms with Crippen molar-refractivity contribution in [3.8, 4) is 0 Å². The van der Waals surface area contributed by atoms with E-state index in [0.29, 0.717) is 0 Å². The van der Waals surface area contributed by atoms with E-state index in [1.54, 1.807) is 4.90 Å². The Morgan fingerprint density at radius 2 is 1.86 bits per heavy atom. The number of carbonyl (C=O) groups is 2. The molecule has 0 unspecified atom stereocenters. The largest absolute Gasteiger partial charge is 0.444 e. The smallest absolute Gasteiger partial charge is 0.410 e. The fraction of sp³-hybridized carbons (Fsp3) is 0.875. The number of amides is 2. The lowest BCUT2D eigenvalue weighted by Gasteiger charge is -2.42. The normalized spacial score (nSPS) is 22.3. The monoisotopic (exact) mass is 332 g/mol. The summed E-state index contributed by atoms with van der Waals surface area (Å²) < 4.78 is 5.54. The molecule has 1 aliphatic rings. The third-order valence-electron chi connectivity index (χ3n) is 3.72. The summed E-state index contributed by atoms with van der Waals surface area (Å²) in [5.74, 6) is -0.247. The maximum absolute atomic E-state index is 12.6. The molecule has 0 saturated heterocycles. The van der Waals surface area contributed by atoms with E-state index in [1.807, 2.05) is 34.6 Å². The summed E-state index contributed by atoms with van der Waals surface area (Å²) in [4.78, 5) is 26.0. The van der Waals surface area contributed by atoms with E-state index in [1.165, 1.54) is 0 Å². The Morgan fingerprint density at radius 1 is 1.27 bits per heavy atom. The summed E-state index contributed by atoms with van der Waals surface area (Å²) in [6.07, 6.45) is 3.50. The van der Waals surface area contributed by atoms with Gasteiger partial charge in [0.05, 0.1) is 6.04 Å². The van der Waals surface area contributed by atoms with Crippen molar-refractivity contribution in [3.63, 3.8) is 0 Å². The zero-order valence-electron chi connectivity index (χ0n) is 14.3. The molecular formula is C16H29ClN2O3. The fourth-order valence-corrected chi connectivity index (χ4v) is 2.98. The molecule has 5 nitrogen and oxygen atoms in total. The van der Waals surface area contributed by atoms with Gasteiger partial charge < -0.3 is 15.0 Å². The summed E-state index contributed by atoms with van der Waals surface area (Å²) in [6.45, 7) is 9.52. The third kappa shape index (κ3) is 5.67. The molecular weight excluding hydrogens is 304 g/mol. The maximum Gasteiger partial charge on any atom is 0.410 e. The lowest BCUT2D eigenvalue weighted by molar-refractivity contribution is -0.120. The number of rotatable bonds is 4. The number of halogens is 1. The van der Waals surface area contributed by atoms with Crippen molar-refractivity contribution in [2.24, 2.45) is 0 Å². The van der Waals surface area contributed by atoms with Crippen LogP contribution in [0.4, 0.5) is 4.79 Å². The molecule has 0 aliphatic heterocycles. The Bertz CT molecular complexity index is 393. The standard InChI is InChI=1S/C16H29ClN2O3/c1-11(2)19(15(21)22-16(3,4)5)13-9-7-6-8-12(13)18-14(20)10-17/h11-13H,6-10H2,1-5H3,(H,18,20)/t12-,13-/m1/s1. The van der Waals surface area contributed by atoms with Crippen LogP contribution in [-0.2, 0) is 9.53 Å². The fourth-order valence-electron chi connectivity index (χ4n) is 2.90. The molecule has 2 amide bonds.